The molecule has 1 N–H and O–H groups in total. The van der Waals surface area contributed by atoms with Crippen LogP contribution in [0.2, 0.25) is 0 Å². The molecule has 0 saturated heterocycles. The van der Waals surface area contributed by atoms with E-state index in [1.807, 2.05) is 24.3 Å². The van der Waals surface area contributed by atoms with Gasteiger partial charge in [-0.25, -0.2) is 0 Å². The highest BCUT2D eigenvalue weighted by atomic mass is 79.9. The quantitative estimate of drug-likeness (QED) is 0.855. The van der Waals surface area contributed by atoms with Crippen molar-refractivity contribution in [1.29, 1.82) is 0 Å². The van der Waals surface area contributed by atoms with Gasteiger partial charge in [0.25, 0.3) is 5.91 Å². The lowest BCUT2D eigenvalue weighted by molar-refractivity contribution is 0.0867. The van der Waals surface area contributed by atoms with Gasteiger partial charge in [0.1, 0.15) is 0 Å². The molecule has 1 aliphatic rings. The number of carbonyl (C=O) groups excluding carboxylic acids is 1. The molecule has 3 unspecified atom stereocenters. The first-order chi connectivity index (χ1) is 9.49. The number of halogens is 1. The van der Waals surface area contributed by atoms with Crippen molar-refractivity contribution in [2.24, 2.45) is 17.8 Å². The van der Waals surface area contributed by atoms with E-state index < -0.39 is 0 Å². The topological polar surface area (TPSA) is 29.1 Å². The monoisotopic (exact) mass is 337 g/mol. The third-order valence-electron chi connectivity index (χ3n) is 4.46. The molecule has 110 valence electrons. The lowest BCUT2D eigenvalue weighted by Crippen LogP contribution is -2.45. The highest BCUT2D eigenvalue weighted by Gasteiger charge is 2.31. The molecule has 0 radical (unpaired) electrons. The molecule has 0 spiro atoms. The molecule has 0 bridgehead atoms. The number of amides is 1. The van der Waals surface area contributed by atoms with E-state index in [1.165, 1.54) is 12.8 Å². The van der Waals surface area contributed by atoms with Crippen molar-refractivity contribution in [1.82, 2.24) is 5.32 Å². The Morgan fingerprint density at radius 1 is 1.30 bits per heavy atom. The molecular formula is C17H24BrNO. The molecule has 0 aromatic heterocycles. The third-order valence-corrected chi connectivity index (χ3v) is 5.15. The molecule has 2 rings (SSSR count). The van der Waals surface area contributed by atoms with Gasteiger partial charge in [0.05, 0.1) is 5.56 Å². The van der Waals surface area contributed by atoms with Gasteiger partial charge in [-0.1, -0.05) is 39.3 Å². The summed E-state index contributed by atoms with van der Waals surface area (Å²) in [6, 6.07) is 7.93. The fourth-order valence-electron chi connectivity index (χ4n) is 3.26. The van der Waals surface area contributed by atoms with E-state index in [0.717, 1.165) is 16.5 Å². The van der Waals surface area contributed by atoms with Gasteiger partial charge in [-0.3, -0.25) is 4.79 Å². The Kier molecular flexibility index (Phi) is 5.25. The standard InChI is InChI=1S/C17H24BrNO/c1-11(2)13-9-8-12(3)10-16(13)19-17(20)14-6-4-5-7-15(14)18/h4-7,11-13,16H,8-10H2,1-3H3,(H,19,20). The molecule has 1 aromatic carbocycles. The third kappa shape index (κ3) is 3.63. The van der Waals surface area contributed by atoms with E-state index in [0.29, 0.717) is 23.8 Å². The van der Waals surface area contributed by atoms with Crippen LogP contribution in [0.1, 0.15) is 50.4 Å². The summed E-state index contributed by atoms with van der Waals surface area (Å²) in [5.41, 5.74) is 0.730. The fraction of sp³-hybridized carbons (Fsp3) is 0.588. The molecular weight excluding hydrogens is 314 g/mol. The minimum Gasteiger partial charge on any atom is -0.349 e. The first-order valence-electron chi connectivity index (χ1n) is 7.54. The van der Waals surface area contributed by atoms with Crippen molar-refractivity contribution in [2.45, 2.75) is 46.1 Å². The van der Waals surface area contributed by atoms with Gasteiger partial charge in [0.2, 0.25) is 0 Å². The van der Waals surface area contributed by atoms with Gasteiger partial charge >= 0.3 is 0 Å². The molecule has 1 aromatic rings. The van der Waals surface area contributed by atoms with Crippen LogP contribution in [0.4, 0.5) is 0 Å². The zero-order chi connectivity index (χ0) is 14.7. The van der Waals surface area contributed by atoms with E-state index >= 15 is 0 Å². The maximum absolute atomic E-state index is 12.5. The second kappa shape index (κ2) is 6.75. The predicted molar refractivity (Wildman–Crippen MR) is 86.7 cm³/mol. The van der Waals surface area contributed by atoms with Crippen LogP contribution in [0.15, 0.2) is 28.7 Å². The smallest absolute Gasteiger partial charge is 0.252 e. The number of rotatable bonds is 3. The van der Waals surface area contributed by atoms with Gasteiger partial charge in [0, 0.05) is 10.5 Å². The Morgan fingerprint density at radius 3 is 2.65 bits per heavy atom. The summed E-state index contributed by atoms with van der Waals surface area (Å²) in [6.45, 7) is 6.81. The van der Waals surface area contributed by atoms with Gasteiger partial charge < -0.3 is 5.32 Å². The Hall–Kier alpha value is -0.830. The molecule has 1 amide bonds. The zero-order valence-electron chi connectivity index (χ0n) is 12.5. The number of carbonyl (C=O) groups is 1. The van der Waals surface area contributed by atoms with Crippen LogP contribution in [0, 0.1) is 17.8 Å². The highest BCUT2D eigenvalue weighted by Crippen LogP contribution is 2.33. The summed E-state index contributed by atoms with van der Waals surface area (Å²) in [5, 5.41) is 3.27. The maximum atomic E-state index is 12.5. The van der Waals surface area contributed by atoms with E-state index in [9.17, 15) is 4.79 Å². The highest BCUT2D eigenvalue weighted by molar-refractivity contribution is 9.10. The van der Waals surface area contributed by atoms with Crippen molar-refractivity contribution < 1.29 is 4.79 Å². The molecule has 3 heteroatoms. The maximum Gasteiger partial charge on any atom is 0.252 e. The second-order valence-corrected chi connectivity index (χ2v) is 7.24. The normalized spacial score (nSPS) is 26.6. The minimum absolute atomic E-state index is 0.0437. The number of hydrogen-bond donors (Lipinski definition) is 1. The molecule has 0 heterocycles. The molecule has 1 aliphatic carbocycles. The Bertz CT molecular complexity index is 472. The van der Waals surface area contributed by atoms with Gasteiger partial charge in [-0.2, -0.15) is 0 Å². The number of nitrogens with one attached hydrogen (secondary N) is 1. The van der Waals surface area contributed by atoms with Crippen LogP contribution < -0.4 is 5.32 Å². The van der Waals surface area contributed by atoms with Crippen LogP contribution in [0.3, 0.4) is 0 Å². The van der Waals surface area contributed by atoms with Crippen molar-refractivity contribution in [3.63, 3.8) is 0 Å². The van der Waals surface area contributed by atoms with Gasteiger partial charge in [-0.15, -0.1) is 0 Å². The van der Waals surface area contributed by atoms with Crippen molar-refractivity contribution in [3.05, 3.63) is 34.3 Å². The van der Waals surface area contributed by atoms with Gasteiger partial charge in [0.15, 0.2) is 0 Å². The van der Waals surface area contributed by atoms with Crippen LogP contribution in [-0.4, -0.2) is 11.9 Å². The molecule has 3 atom stereocenters. The zero-order valence-corrected chi connectivity index (χ0v) is 14.1. The second-order valence-electron chi connectivity index (χ2n) is 6.39. The fourth-order valence-corrected chi connectivity index (χ4v) is 3.72. The molecule has 2 nitrogen and oxygen atoms in total. The number of hydrogen-bond acceptors (Lipinski definition) is 1. The largest absolute Gasteiger partial charge is 0.349 e. The number of benzene rings is 1. The van der Waals surface area contributed by atoms with Crippen LogP contribution in [0.25, 0.3) is 0 Å². The van der Waals surface area contributed by atoms with Crippen LogP contribution >= 0.6 is 15.9 Å². The first-order valence-corrected chi connectivity index (χ1v) is 8.33. The Balaban J connectivity index is 2.10. The summed E-state index contributed by atoms with van der Waals surface area (Å²) in [6.07, 6.45) is 3.60. The predicted octanol–water partition coefficient (Wildman–Crippen LogP) is 4.64. The van der Waals surface area contributed by atoms with E-state index in [4.69, 9.17) is 0 Å². The molecule has 1 fully saturated rings. The summed E-state index contributed by atoms with van der Waals surface area (Å²) in [5.74, 6) is 1.96. The van der Waals surface area contributed by atoms with E-state index in [-0.39, 0.29) is 5.91 Å². The van der Waals surface area contributed by atoms with E-state index in [1.54, 1.807) is 0 Å². The minimum atomic E-state index is 0.0437. The lowest BCUT2D eigenvalue weighted by atomic mass is 9.74. The summed E-state index contributed by atoms with van der Waals surface area (Å²) < 4.78 is 0.863. The lowest BCUT2D eigenvalue weighted by Gasteiger charge is -2.37. The molecule has 20 heavy (non-hydrogen) atoms. The van der Waals surface area contributed by atoms with E-state index in [2.05, 4.69) is 42.0 Å². The average Bonchev–Trinajstić information content (AvgIpc) is 2.38. The Labute approximate surface area is 130 Å². The summed E-state index contributed by atoms with van der Waals surface area (Å²) >= 11 is 3.46. The van der Waals surface area contributed by atoms with Crippen LogP contribution in [0.5, 0.6) is 0 Å². The average molecular weight is 338 g/mol. The van der Waals surface area contributed by atoms with Crippen LogP contribution in [-0.2, 0) is 0 Å². The summed E-state index contributed by atoms with van der Waals surface area (Å²) in [7, 11) is 0. The molecule has 0 aliphatic heterocycles. The van der Waals surface area contributed by atoms with Gasteiger partial charge in [-0.05, 0) is 58.7 Å². The first kappa shape index (κ1) is 15.6. The van der Waals surface area contributed by atoms with Crippen molar-refractivity contribution >= 4 is 21.8 Å². The van der Waals surface area contributed by atoms with Crippen molar-refractivity contribution in [3.8, 4) is 0 Å². The molecule has 1 saturated carbocycles. The SMILES string of the molecule is CC1CCC(C(C)C)C(NC(=O)c2ccccc2Br)C1. The Morgan fingerprint density at radius 2 is 2.00 bits per heavy atom. The summed E-state index contributed by atoms with van der Waals surface area (Å²) in [4.78, 5) is 12.5. The van der Waals surface area contributed by atoms with Crippen molar-refractivity contribution in [2.75, 3.05) is 0 Å².